The third-order valence-electron chi connectivity index (χ3n) is 5.02. The van der Waals surface area contributed by atoms with Gasteiger partial charge < -0.3 is 9.30 Å². The van der Waals surface area contributed by atoms with Gasteiger partial charge in [-0.25, -0.2) is 4.89 Å². The molecular weight excluding hydrogens is 390 g/mol. The zero-order valence-corrected chi connectivity index (χ0v) is 18.2. The molecule has 1 N–H and O–H groups in total. The number of hydrogen-bond acceptors (Lipinski definition) is 4. The molecule has 0 radical (unpaired) electrons. The number of rotatable bonds is 10. The van der Waals surface area contributed by atoms with Crippen molar-refractivity contribution in [3.05, 3.63) is 94.8 Å². The molecule has 0 amide bonds. The molecule has 0 saturated heterocycles. The van der Waals surface area contributed by atoms with Crippen LogP contribution >= 0.6 is 0 Å². The summed E-state index contributed by atoms with van der Waals surface area (Å²) in [7, 11) is 0. The lowest BCUT2D eigenvalue weighted by Gasteiger charge is -2.13. The highest BCUT2D eigenvalue weighted by Gasteiger charge is 2.15. The van der Waals surface area contributed by atoms with Gasteiger partial charge in [-0.15, -0.1) is 0 Å². The predicted molar refractivity (Wildman–Crippen MR) is 123 cm³/mol. The maximum atomic E-state index is 13.1. The van der Waals surface area contributed by atoms with Crippen molar-refractivity contribution in [2.24, 2.45) is 0 Å². The maximum absolute atomic E-state index is 13.1. The van der Waals surface area contributed by atoms with Crippen molar-refractivity contribution in [2.45, 2.75) is 39.8 Å². The van der Waals surface area contributed by atoms with E-state index in [4.69, 9.17) is 9.99 Å². The number of benzene rings is 2. The van der Waals surface area contributed by atoms with Gasteiger partial charge in [-0.2, -0.15) is 0 Å². The summed E-state index contributed by atoms with van der Waals surface area (Å²) in [5.74, 6) is 0.736. The monoisotopic (exact) mass is 419 g/mol. The standard InChI is InChI=1S/C26H29NO4/c1-4-21-16-25(26(28)23-12-10-19(2)11-13-23)27(17-21)14-6-8-22-7-5-9-24(15-22)31-20(3)18-30-29/h5-13,15-17,20,29H,4,14,18H2,1-3H3/t20-/m0/s1. The van der Waals surface area contributed by atoms with Gasteiger partial charge in [0.05, 0.1) is 5.69 Å². The normalized spacial score (nSPS) is 12.3. The van der Waals surface area contributed by atoms with Crippen molar-refractivity contribution in [3.8, 4) is 5.75 Å². The van der Waals surface area contributed by atoms with Gasteiger partial charge in [0.15, 0.2) is 0 Å². The second-order valence-electron chi connectivity index (χ2n) is 7.63. The highest BCUT2D eigenvalue weighted by Crippen LogP contribution is 2.18. The van der Waals surface area contributed by atoms with Crippen LogP contribution in [0.3, 0.4) is 0 Å². The molecule has 0 fully saturated rings. The third-order valence-corrected chi connectivity index (χ3v) is 5.02. The van der Waals surface area contributed by atoms with E-state index in [9.17, 15) is 4.79 Å². The Kier molecular flexibility index (Phi) is 7.82. The number of hydrogen-bond donors (Lipinski definition) is 1. The van der Waals surface area contributed by atoms with E-state index < -0.39 is 0 Å². The summed E-state index contributed by atoms with van der Waals surface area (Å²) < 4.78 is 7.72. The van der Waals surface area contributed by atoms with Crippen LogP contribution in [-0.4, -0.2) is 28.3 Å². The summed E-state index contributed by atoms with van der Waals surface area (Å²) in [5.41, 5.74) is 4.65. The van der Waals surface area contributed by atoms with Gasteiger partial charge in [0, 0.05) is 18.3 Å². The Morgan fingerprint density at radius 3 is 2.65 bits per heavy atom. The quantitative estimate of drug-likeness (QED) is 0.265. The fourth-order valence-electron chi connectivity index (χ4n) is 3.32. The first-order valence-corrected chi connectivity index (χ1v) is 10.5. The van der Waals surface area contributed by atoms with Crippen molar-refractivity contribution in [3.63, 3.8) is 0 Å². The number of nitrogens with zero attached hydrogens (tertiary/aromatic N) is 1. The van der Waals surface area contributed by atoms with Gasteiger partial charge in [0.2, 0.25) is 5.78 Å². The first-order valence-electron chi connectivity index (χ1n) is 10.5. The van der Waals surface area contributed by atoms with E-state index in [1.54, 1.807) is 0 Å². The molecule has 162 valence electrons. The number of aryl methyl sites for hydroxylation is 2. The average Bonchev–Trinajstić information content (AvgIpc) is 3.17. The molecule has 5 heteroatoms. The molecule has 31 heavy (non-hydrogen) atoms. The number of aromatic nitrogens is 1. The lowest BCUT2D eigenvalue weighted by atomic mass is 10.1. The predicted octanol–water partition coefficient (Wildman–Crippen LogP) is 5.56. The largest absolute Gasteiger partial charge is 0.488 e. The average molecular weight is 420 g/mol. The Hall–Kier alpha value is -3.15. The van der Waals surface area contributed by atoms with E-state index in [2.05, 4.69) is 11.8 Å². The van der Waals surface area contributed by atoms with Crippen molar-refractivity contribution in [1.82, 2.24) is 4.57 Å². The first-order chi connectivity index (χ1) is 15.0. The molecule has 0 aliphatic rings. The van der Waals surface area contributed by atoms with Gasteiger partial charge in [-0.3, -0.25) is 10.1 Å². The molecule has 0 aliphatic heterocycles. The molecule has 1 aromatic heterocycles. The van der Waals surface area contributed by atoms with Gasteiger partial charge in [-0.1, -0.05) is 61.0 Å². The number of ketones is 1. The lowest BCUT2D eigenvalue weighted by molar-refractivity contribution is -0.253. The summed E-state index contributed by atoms with van der Waals surface area (Å²) in [6.07, 6.45) is 6.70. The van der Waals surface area contributed by atoms with Crippen LogP contribution in [0.15, 0.2) is 66.9 Å². The fraction of sp³-hybridized carbons (Fsp3) is 0.269. The molecule has 3 rings (SSSR count). The Balaban J connectivity index is 1.74. The molecule has 2 aromatic carbocycles. The smallest absolute Gasteiger partial charge is 0.209 e. The minimum atomic E-state index is -0.257. The van der Waals surface area contributed by atoms with Crippen molar-refractivity contribution in [1.29, 1.82) is 0 Å². The van der Waals surface area contributed by atoms with Crippen LogP contribution in [-0.2, 0) is 17.9 Å². The van der Waals surface area contributed by atoms with Gasteiger partial charge >= 0.3 is 0 Å². The Bertz CT molecular complexity index is 1030. The summed E-state index contributed by atoms with van der Waals surface area (Å²) in [6, 6.07) is 17.4. The molecule has 0 saturated carbocycles. The molecule has 0 aliphatic carbocycles. The van der Waals surface area contributed by atoms with Gasteiger partial charge in [0.1, 0.15) is 18.5 Å². The third kappa shape index (κ3) is 6.17. The summed E-state index contributed by atoms with van der Waals surface area (Å²) in [5, 5.41) is 8.54. The SMILES string of the molecule is CCc1cc(C(=O)c2ccc(C)cc2)n(CC=Cc2cccc(O[C@@H](C)COO)c2)c1. The molecule has 0 spiro atoms. The van der Waals surface area contributed by atoms with E-state index in [0.717, 1.165) is 23.1 Å². The number of carbonyl (C=O) groups excluding carboxylic acids is 1. The minimum Gasteiger partial charge on any atom is -0.488 e. The van der Waals surface area contributed by atoms with Gasteiger partial charge in [-0.05, 0) is 49.6 Å². The highest BCUT2D eigenvalue weighted by molar-refractivity contribution is 6.08. The van der Waals surface area contributed by atoms with Crippen LogP contribution < -0.4 is 4.74 Å². The summed E-state index contributed by atoms with van der Waals surface area (Å²) >= 11 is 0. The Labute approximate surface area is 183 Å². The van der Waals surface area contributed by atoms with Crippen LogP contribution in [0, 0.1) is 6.92 Å². The van der Waals surface area contributed by atoms with Gasteiger partial charge in [0.25, 0.3) is 0 Å². The first kappa shape index (κ1) is 22.5. The van der Waals surface area contributed by atoms with Crippen molar-refractivity contribution in [2.75, 3.05) is 6.61 Å². The van der Waals surface area contributed by atoms with E-state index in [1.807, 2.05) is 91.4 Å². The lowest BCUT2D eigenvalue weighted by Crippen LogP contribution is -2.18. The van der Waals surface area contributed by atoms with E-state index in [0.29, 0.717) is 23.6 Å². The molecule has 0 unspecified atom stereocenters. The van der Waals surface area contributed by atoms with Crippen LogP contribution in [0.25, 0.3) is 6.08 Å². The van der Waals surface area contributed by atoms with Crippen LogP contribution in [0.1, 0.15) is 46.6 Å². The molecule has 5 nitrogen and oxygen atoms in total. The van der Waals surface area contributed by atoms with E-state index in [1.165, 1.54) is 0 Å². The molecular formula is C26H29NO4. The van der Waals surface area contributed by atoms with Crippen LogP contribution in [0.4, 0.5) is 0 Å². The second-order valence-corrected chi connectivity index (χ2v) is 7.63. The van der Waals surface area contributed by atoms with Crippen molar-refractivity contribution < 1.29 is 19.7 Å². The number of allylic oxidation sites excluding steroid dienone is 1. The van der Waals surface area contributed by atoms with Crippen LogP contribution in [0.5, 0.6) is 5.75 Å². The van der Waals surface area contributed by atoms with E-state index >= 15 is 0 Å². The maximum Gasteiger partial charge on any atom is 0.209 e. The topological polar surface area (TPSA) is 60.7 Å². The molecule has 3 aromatic rings. The zero-order chi connectivity index (χ0) is 22.2. The van der Waals surface area contributed by atoms with Crippen molar-refractivity contribution >= 4 is 11.9 Å². The minimum absolute atomic E-state index is 0.0311. The second kappa shape index (κ2) is 10.8. The molecule has 1 atom stereocenters. The van der Waals surface area contributed by atoms with Crippen LogP contribution in [0.2, 0.25) is 0 Å². The fourth-order valence-corrected chi connectivity index (χ4v) is 3.32. The Morgan fingerprint density at radius 2 is 1.94 bits per heavy atom. The Morgan fingerprint density at radius 1 is 1.16 bits per heavy atom. The summed E-state index contributed by atoms with van der Waals surface area (Å²) in [6.45, 7) is 6.61. The molecule has 0 bridgehead atoms. The highest BCUT2D eigenvalue weighted by atomic mass is 17.1. The number of ether oxygens (including phenoxy) is 1. The number of carbonyl (C=O) groups is 1. The molecule has 1 heterocycles. The zero-order valence-electron chi connectivity index (χ0n) is 18.2. The van der Waals surface area contributed by atoms with E-state index in [-0.39, 0.29) is 18.5 Å². The summed E-state index contributed by atoms with van der Waals surface area (Å²) in [4.78, 5) is 17.2.